The summed E-state index contributed by atoms with van der Waals surface area (Å²) in [4.78, 5) is 12.9. The molecule has 0 unspecified atom stereocenters. The van der Waals surface area contributed by atoms with Gasteiger partial charge in [-0.2, -0.15) is 0 Å². The van der Waals surface area contributed by atoms with E-state index in [-0.39, 0.29) is 29.7 Å². The van der Waals surface area contributed by atoms with Crippen molar-refractivity contribution in [1.82, 2.24) is 10.2 Å². The molecular formula is C7H17ClN2O2. The monoisotopic (exact) mass is 196 g/mol. The van der Waals surface area contributed by atoms with Gasteiger partial charge in [-0.15, -0.1) is 12.4 Å². The van der Waals surface area contributed by atoms with E-state index < -0.39 is 0 Å². The van der Waals surface area contributed by atoms with Crippen LogP contribution in [0.15, 0.2) is 0 Å². The molecule has 0 saturated carbocycles. The normalized spacial score (nSPS) is 20.7. The fourth-order valence-electron chi connectivity index (χ4n) is 1.23. The highest BCUT2D eigenvalue weighted by molar-refractivity contribution is 5.85. The molecule has 0 bridgehead atoms. The van der Waals surface area contributed by atoms with Crippen molar-refractivity contribution in [2.75, 3.05) is 27.2 Å². The number of carbonyl (C=O) groups is 1. The van der Waals surface area contributed by atoms with Gasteiger partial charge in [0.05, 0.1) is 5.92 Å². The zero-order valence-electron chi connectivity index (χ0n) is 7.46. The van der Waals surface area contributed by atoms with Crippen molar-refractivity contribution in [3.8, 4) is 0 Å². The SMILES string of the molecule is CN(C)C(=O)[C@H]1CCNC1.Cl.O. The van der Waals surface area contributed by atoms with Gasteiger partial charge in [-0.3, -0.25) is 4.79 Å². The van der Waals surface area contributed by atoms with Gasteiger partial charge in [0.1, 0.15) is 0 Å². The van der Waals surface area contributed by atoms with Crippen LogP contribution in [-0.2, 0) is 4.79 Å². The highest BCUT2D eigenvalue weighted by Crippen LogP contribution is 2.09. The van der Waals surface area contributed by atoms with Gasteiger partial charge in [0.25, 0.3) is 0 Å². The zero-order chi connectivity index (χ0) is 7.56. The Hall–Kier alpha value is -0.320. The number of carbonyl (C=O) groups excluding carboxylic acids is 1. The predicted molar refractivity (Wildman–Crippen MR) is 50.5 cm³/mol. The summed E-state index contributed by atoms with van der Waals surface area (Å²) < 4.78 is 0. The molecule has 1 aliphatic heterocycles. The Kier molecular flexibility index (Phi) is 7.37. The molecule has 1 aliphatic rings. The first-order valence-electron chi connectivity index (χ1n) is 3.63. The largest absolute Gasteiger partial charge is 0.412 e. The molecule has 1 rings (SSSR count). The fourth-order valence-corrected chi connectivity index (χ4v) is 1.23. The number of nitrogens with one attached hydrogen (secondary N) is 1. The average Bonchev–Trinajstić information content (AvgIpc) is 2.36. The number of hydrogen-bond donors (Lipinski definition) is 1. The molecular weight excluding hydrogens is 180 g/mol. The Bertz CT molecular complexity index is 135. The van der Waals surface area contributed by atoms with Gasteiger partial charge in [0.15, 0.2) is 0 Å². The van der Waals surface area contributed by atoms with Gasteiger partial charge in [-0.1, -0.05) is 0 Å². The molecule has 1 fully saturated rings. The second-order valence-corrected chi connectivity index (χ2v) is 2.92. The third-order valence-electron chi connectivity index (χ3n) is 1.85. The molecule has 1 atom stereocenters. The van der Waals surface area contributed by atoms with Gasteiger partial charge in [0.2, 0.25) is 5.91 Å². The van der Waals surface area contributed by atoms with E-state index in [4.69, 9.17) is 0 Å². The third kappa shape index (κ3) is 3.38. The van der Waals surface area contributed by atoms with E-state index in [1.807, 2.05) is 0 Å². The van der Waals surface area contributed by atoms with E-state index >= 15 is 0 Å². The number of halogens is 1. The first-order valence-corrected chi connectivity index (χ1v) is 3.63. The van der Waals surface area contributed by atoms with E-state index in [0.29, 0.717) is 0 Å². The van der Waals surface area contributed by atoms with Crippen LogP contribution >= 0.6 is 12.4 Å². The van der Waals surface area contributed by atoms with Crippen LogP contribution in [0.5, 0.6) is 0 Å². The maximum Gasteiger partial charge on any atom is 0.226 e. The van der Waals surface area contributed by atoms with Crippen LogP contribution in [0.1, 0.15) is 6.42 Å². The van der Waals surface area contributed by atoms with Crippen LogP contribution in [0.4, 0.5) is 0 Å². The van der Waals surface area contributed by atoms with Gasteiger partial charge >= 0.3 is 0 Å². The van der Waals surface area contributed by atoms with E-state index in [1.165, 1.54) is 0 Å². The van der Waals surface area contributed by atoms with E-state index in [9.17, 15) is 4.79 Å². The molecule has 0 aromatic carbocycles. The maximum atomic E-state index is 11.2. The van der Waals surface area contributed by atoms with Crippen LogP contribution in [0, 0.1) is 5.92 Å². The van der Waals surface area contributed by atoms with Gasteiger partial charge in [0, 0.05) is 20.6 Å². The first-order chi connectivity index (χ1) is 4.72. The minimum atomic E-state index is 0. The maximum absolute atomic E-state index is 11.2. The van der Waals surface area contributed by atoms with Gasteiger partial charge < -0.3 is 15.7 Å². The van der Waals surface area contributed by atoms with Crippen molar-refractivity contribution in [3.05, 3.63) is 0 Å². The minimum Gasteiger partial charge on any atom is -0.412 e. The van der Waals surface area contributed by atoms with E-state index in [0.717, 1.165) is 19.5 Å². The Morgan fingerprint density at radius 1 is 1.50 bits per heavy atom. The number of amides is 1. The molecule has 4 nitrogen and oxygen atoms in total. The van der Waals surface area contributed by atoms with Crippen LogP contribution < -0.4 is 5.32 Å². The molecule has 0 spiro atoms. The zero-order valence-corrected chi connectivity index (χ0v) is 8.28. The Morgan fingerprint density at radius 2 is 2.08 bits per heavy atom. The molecule has 0 aliphatic carbocycles. The highest BCUT2D eigenvalue weighted by Gasteiger charge is 2.23. The molecule has 12 heavy (non-hydrogen) atoms. The number of hydrogen-bond acceptors (Lipinski definition) is 2. The van der Waals surface area contributed by atoms with E-state index in [2.05, 4.69) is 5.32 Å². The third-order valence-corrected chi connectivity index (χ3v) is 1.85. The molecule has 0 aromatic rings. The van der Waals surface area contributed by atoms with Gasteiger partial charge in [-0.05, 0) is 13.0 Å². The lowest BCUT2D eigenvalue weighted by Gasteiger charge is -2.14. The van der Waals surface area contributed by atoms with Gasteiger partial charge in [-0.25, -0.2) is 0 Å². The summed E-state index contributed by atoms with van der Waals surface area (Å²) in [7, 11) is 3.61. The van der Waals surface area contributed by atoms with Crippen molar-refractivity contribution < 1.29 is 10.3 Å². The minimum absolute atomic E-state index is 0. The molecule has 0 aromatic heterocycles. The Morgan fingerprint density at radius 3 is 2.42 bits per heavy atom. The summed E-state index contributed by atoms with van der Waals surface area (Å²) in [5, 5.41) is 3.16. The second-order valence-electron chi connectivity index (χ2n) is 2.92. The van der Waals surface area contributed by atoms with Crippen molar-refractivity contribution in [1.29, 1.82) is 0 Å². The van der Waals surface area contributed by atoms with Crippen molar-refractivity contribution >= 4 is 18.3 Å². The molecule has 0 radical (unpaired) electrons. The van der Waals surface area contributed by atoms with Crippen molar-refractivity contribution in [2.24, 2.45) is 5.92 Å². The number of rotatable bonds is 1. The summed E-state index contributed by atoms with van der Waals surface area (Å²) >= 11 is 0. The molecule has 5 heteroatoms. The summed E-state index contributed by atoms with van der Waals surface area (Å²) in [6, 6.07) is 0. The van der Waals surface area contributed by atoms with Crippen LogP contribution in [0.25, 0.3) is 0 Å². The highest BCUT2D eigenvalue weighted by atomic mass is 35.5. The van der Waals surface area contributed by atoms with Crippen LogP contribution in [-0.4, -0.2) is 43.5 Å². The van der Waals surface area contributed by atoms with E-state index in [1.54, 1.807) is 19.0 Å². The standard InChI is InChI=1S/C7H14N2O.ClH.H2O/c1-9(2)7(10)6-3-4-8-5-6;;/h6,8H,3-5H2,1-2H3;1H;1H2/t6-;;/m0../s1. The predicted octanol–water partition coefficient (Wildman–Crippen LogP) is -0.719. The Balaban J connectivity index is 0. The average molecular weight is 197 g/mol. The van der Waals surface area contributed by atoms with Crippen molar-refractivity contribution in [3.63, 3.8) is 0 Å². The molecule has 1 amide bonds. The molecule has 74 valence electrons. The second kappa shape index (κ2) is 6.22. The number of nitrogens with zero attached hydrogens (tertiary/aromatic N) is 1. The van der Waals surface area contributed by atoms with Crippen molar-refractivity contribution in [2.45, 2.75) is 6.42 Å². The smallest absolute Gasteiger partial charge is 0.226 e. The lowest BCUT2D eigenvalue weighted by atomic mass is 10.1. The summed E-state index contributed by atoms with van der Waals surface area (Å²) in [5.74, 6) is 0.486. The van der Waals surface area contributed by atoms with Crippen LogP contribution in [0.3, 0.4) is 0 Å². The first kappa shape index (κ1) is 14.2. The Labute approximate surface area is 79.0 Å². The lowest BCUT2D eigenvalue weighted by Crippen LogP contribution is -2.30. The summed E-state index contributed by atoms with van der Waals surface area (Å²) in [5.41, 5.74) is 0. The van der Waals surface area contributed by atoms with Crippen LogP contribution in [0.2, 0.25) is 0 Å². The summed E-state index contributed by atoms with van der Waals surface area (Å²) in [6.07, 6.45) is 0.997. The molecule has 1 saturated heterocycles. The molecule has 1 heterocycles. The fraction of sp³-hybridized carbons (Fsp3) is 0.857. The molecule has 3 N–H and O–H groups in total. The lowest BCUT2D eigenvalue weighted by molar-refractivity contribution is -0.132. The topological polar surface area (TPSA) is 63.8 Å². The quantitative estimate of drug-likeness (QED) is 0.602. The summed E-state index contributed by atoms with van der Waals surface area (Å²) in [6.45, 7) is 1.85.